The molecule has 0 amide bonds. The Balaban J connectivity index is 2.15. The van der Waals surface area contributed by atoms with Gasteiger partial charge in [0.15, 0.2) is 0 Å². The summed E-state index contributed by atoms with van der Waals surface area (Å²) in [6, 6.07) is 6.24. The monoisotopic (exact) mass is 345 g/mol. The largest absolute Gasteiger partial charge is 0.489 e. The lowest BCUT2D eigenvalue weighted by atomic mass is 9.58. The normalized spacial score (nSPS) is 24.9. The maximum Gasteiger partial charge on any atom is 0.134 e. The van der Waals surface area contributed by atoms with Crippen molar-refractivity contribution in [3.63, 3.8) is 0 Å². The fourth-order valence-electron chi connectivity index (χ4n) is 3.24. The van der Waals surface area contributed by atoms with Crippen LogP contribution in [0.25, 0.3) is 0 Å². The van der Waals surface area contributed by atoms with Crippen LogP contribution >= 0.6 is 27.5 Å². The molecule has 1 fully saturated rings. The van der Waals surface area contributed by atoms with Crippen LogP contribution in [-0.4, -0.2) is 19.2 Å². The second-order valence-electron chi connectivity index (χ2n) is 5.20. The first-order valence-corrected chi connectivity index (χ1v) is 8.03. The van der Waals surface area contributed by atoms with E-state index in [2.05, 4.69) is 35.1 Å². The van der Waals surface area contributed by atoms with Crippen LogP contribution in [0.15, 0.2) is 22.7 Å². The Hall–Kier alpha value is -0.250. The molecule has 1 aromatic rings. The molecule has 1 aliphatic rings. The second-order valence-corrected chi connectivity index (χ2v) is 6.49. The number of rotatable bonds is 5. The predicted molar refractivity (Wildman–Crippen MR) is 84.0 cm³/mol. The minimum atomic E-state index is 0.244. The summed E-state index contributed by atoms with van der Waals surface area (Å²) < 4.78 is 7.15. The summed E-state index contributed by atoms with van der Waals surface area (Å²) in [5, 5.41) is 4.14. The van der Waals surface area contributed by atoms with Gasteiger partial charge in [-0.25, -0.2) is 0 Å². The topological polar surface area (TPSA) is 21.3 Å². The van der Waals surface area contributed by atoms with Gasteiger partial charge in [-0.1, -0.05) is 25.4 Å². The van der Waals surface area contributed by atoms with Gasteiger partial charge < -0.3 is 10.1 Å². The molecule has 19 heavy (non-hydrogen) atoms. The molecule has 1 saturated carbocycles. The molecule has 2 rings (SSSR count). The third kappa shape index (κ3) is 2.65. The molecule has 2 unspecified atom stereocenters. The van der Waals surface area contributed by atoms with Crippen LogP contribution in [0.4, 0.5) is 0 Å². The molecule has 106 valence electrons. The minimum Gasteiger partial charge on any atom is -0.489 e. The quantitative estimate of drug-likeness (QED) is 0.838. The van der Waals surface area contributed by atoms with Crippen molar-refractivity contribution in [3.8, 4) is 5.75 Å². The predicted octanol–water partition coefficient (Wildman–Crippen LogP) is 4.65. The van der Waals surface area contributed by atoms with Gasteiger partial charge in [-0.2, -0.15) is 0 Å². The smallest absolute Gasteiger partial charge is 0.134 e. The van der Waals surface area contributed by atoms with Crippen LogP contribution in [0, 0.1) is 5.41 Å². The molecule has 0 saturated heterocycles. The molecule has 0 heterocycles. The van der Waals surface area contributed by atoms with Crippen molar-refractivity contribution in [3.05, 3.63) is 27.7 Å². The Morgan fingerprint density at radius 3 is 2.63 bits per heavy atom. The average Bonchev–Trinajstić information content (AvgIpc) is 2.38. The van der Waals surface area contributed by atoms with Gasteiger partial charge in [-0.05, 0) is 54.0 Å². The number of halogens is 2. The van der Waals surface area contributed by atoms with Gasteiger partial charge >= 0.3 is 0 Å². The van der Waals surface area contributed by atoms with Crippen LogP contribution < -0.4 is 10.1 Å². The van der Waals surface area contributed by atoms with E-state index in [-0.39, 0.29) is 11.5 Å². The van der Waals surface area contributed by atoms with Gasteiger partial charge in [-0.15, -0.1) is 0 Å². The minimum absolute atomic E-state index is 0.244. The first kappa shape index (κ1) is 15.1. The zero-order valence-corrected chi connectivity index (χ0v) is 14.0. The number of nitrogens with one attached hydrogen (secondary N) is 1. The molecule has 0 aliphatic heterocycles. The summed E-state index contributed by atoms with van der Waals surface area (Å²) in [5.74, 6) is 0.884. The van der Waals surface area contributed by atoms with Gasteiger partial charge in [0.1, 0.15) is 11.9 Å². The van der Waals surface area contributed by atoms with Crippen molar-refractivity contribution < 1.29 is 4.74 Å². The zero-order chi connectivity index (χ0) is 14.0. The molecule has 1 aliphatic carbocycles. The molecule has 0 bridgehead atoms. The van der Waals surface area contributed by atoms with Gasteiger partial charge in [0.2, 0.25) is 0 Å². The van der Waals surface area contributed by atoms with E-state index in [0.717, 1.165) is 34.5 Å². The van der Waals surface area contributed by atoms with E-state index in [0.29, 0.717) is 6.04 Å². The highest BCUT2D eigenvalue weighted by Gasteiger charge is 2.53. The fraction of sp³-hybridized carbons (Fsp3) is 0.600. The molecule has 0 radical (unpaired) electrons. The summed E-state index contributed by atoms with van der Waals surface area (Å²) >= 11 is 9.48. The van der Waals surface area contributed by atoms with Gasteiger partial charge in [-0.3, -0.25) is 0 Å². The van der Waals surface area contributed by atoms with E-state index in [1.54, 1.807) is 0 Å². The van der Waals surface area contributed by atoms with Crippen molar-refractivity contribution in [1.82, 2.24) is 5.32 Å². The Kier molecular flexibility index (Phi) is 4.80. The van der Waals surface area contributed by atoms with Gasteiger partial charge in [0.25, 0.3) is 0 Å². The lowest BCUT2D eigenvalue weighted by Gasteiger charge is -2.55. The lowest BCUT2D eigenvalue weighted by molar-refractivity contribution is -0.0838. The third-order valence-electron chi connectivity index (χ3n) is 4.61. The summed E-state index contributed by atoms with van der Waals surface area (Å²) in [6.45, 7) is 4.50. The maximum atomic E-state index is 6.22. The highest BCUT2D eigenvalue weighted by molar-refractivity contribution is 9.10. The van der Waals surface area contributed by atoms with E-state index < -0.39 is 0 Å². The van der Waals surface area contributed by atoms with E-state index in [9.17, 15) is 0 Å². The molecule has 4 heteroatoms. The zero-order valence-electron chi connectivity index (χ0n) is 11.7. The summed E-state index contributed by atoms with van der Waals surface area (Å²) in [7, 11) is 2.04. The standard InChI is InChI=1S/C15H21BrClNO/c1-4-15(5-2)13(18-3)9-14(15)19-12-7-6-10(17)8-11(12)16/h6-8,13-14,18H,4-5,9H2,1-3H3. The molecule has 0 aromatic heterocycles. The molecule has 2 atom stereocenters. The highest BCUT2D eigenvalue weighted by Crippen LogP contribution is 2.49. The molecular formula is C15H21BrClNO. The summed E-state index contributed by atoms with van der Waals surface area (Å²) in [5.41, 5.74) is 0.244. The van der Waals surface area contributed by atoms with Crippen molar-refractivity contribution in [1.29, 1.82) is 0 Å². The Bertz CT molecular complexity index is 448. The van der Waals surface area contributed by atoms with Gasteiger partial charge in [0, 0.05) is 22.9 Å². The van der Waals surface area contributed by atoms with Crippen molar-refractivity contribution in [2.45, 2.75) is 45.3 Å². The van der Waals surface area contributed by atoms with Crippen LogP contribution in [-0.2, 0) is 0 Å². The van der Waals surface area contributed by atoms with Crippen LogP contribution in [0.2, 0.25) is 5.02 Å². The van der Waals surface area contributed by atoms with Crippen LogP contribution in [0.3, 0.4) is 0 Å². The number of ether oxygens (including phenoxy) is 1. The van der Waals surface area contributed by atoms with Crippen LogP contribution in [0.5, 0.6) is 5.75 Å². The lowest BCUT2D eigenvalue weighted by Crippen LogP contribution is -2.63. The van der Waals surface area contributed by atoms with Crippen molar-refractivity contribution in [2.75, 3.05) is 7.05 Å². The van der Waals surface area contributed by atoms with E-state index in [1.807, 2.05) is 25.2 Å². The number of hydrogen-bond donors (Lipinski definition) is 1. The Morgan fingerprint density at radius 1 is 1.42 bits per heavy atom. The molecular weight excluding hydrogens is 326 g/mol. The van der Waals surface area contributed by atoms with Crippen molar-refractivity contribution in [2.24, 2.45) is 5.41 Å². The fourth-order valence-corrected chi connectivity index (χ4v) is 4.02. The Labute approximate surface area is 129 Å². The van der Waals surface area contributed by atoms with E-state index in [1.165, 1.54) is 0 Å². The highest BCUT2D eigenvalue weighted by atomic mass is 79.9. The van der Waals surface area contributed by atoms with E-state index in [4.69, 9.17) is 16.3 Å². The van der Waals surface area contributed by atoms with Crippen LogP contribution in [0.1, 0.15) is 33.1 Å². The molecule has 0 spiro atoms. The average molecular weight is 347 g/mol. The third-order valence-corrected chi connectivity index (χ3v) is 5.47. The first-order chi connectivity index (χ1) is 9.07. The van der Waals surface area contributed by atoms with Crippen molar-refractivity contribution >= 4 is 27.5 Å². The summed E-state index contributed by atoms with van der Waals surface area (Å²) in [4.78, 5) is 0. The Morgan fingerprint density at radius 2 is 2.11 bits per heavy atom. The maximum absolute atomic E-state index is 6.22. The first-order valence-electron chi connectivity index (χ1n) is 6.86. The van der Waals surface area contributed by atoms with Gasteiger partial charge in [0.05, 0.1) is 4.47 Å². The molecule has 2 nitrogen and oxygen atoms in total. The molecule has 1 aromatic carbocycles. The van der Waals surface area contributed by atoms with E-state index >= 15 is 0 Å². The number of benzene rings is 1. The molecule has 1 N–H and O–H groups in total. The number of hydrogen-bond acceptors (Lipinski definition) is 2. The summed E-state index contributed by atoms with van der Waals surface area (Å²) in [6.07, 6.45) is 3.60. The SMILES string of the molecule is CCC1(CC)C(NC)CC1Oc1ccc(Cl)cc1Br. The second kappa shape index (κ2) is 6.02.